The minimum Gasteiger partial charge on any atom is -0.481 e. The van der Waals surface area contributed by atoms with Gasteiger partial charge in [0.15, 0.2) is 0 Å². The Morgan fingerprint density at radius 1 is 1.20 bits per heavy atom. The number of hydrogen-bond donors (Lipinski definition) is 2. The highest BCUT2D eigenvalue weighted by Gasteiger charge is 2.34. The molecule has 5 heteroatoms. The Balaban J connectivity index is 4.07. The Kier molecular flexibility index (Phi) is 6.40. The SMILES string of the molecule is CCC(CC)(CSCCC(=O)O)C(=O)O. The van der Waals surface area contributed by atoms with Crippen LogP contribution in [0.1, 0.15) is 33.1 Å². The fraction of sp³-hybridized carbons (Fsp3) is 0.800. The minimum absolute atomic E-state index is 0.0911. The van der Waals surface area contributed by atoms with E-state index in [0.29, 0.717) is 24.3 Å². The van der Waals surface area contributed by atoms with Crippen molar-refractivity contribution in [2.45, 2.75) is 33.1 Å². The van der Waals surface area contributed by atoms with Gasteiger partial charge in [0, 0.05) is 11.5 Å². The Morgan fingerprint density at radius 2 is 1.73 bits per heavy atom. The maximum Gasteiger partial charge on any atom is 0.310 e. The first-order valence-corrected chi connectivity index (χ1v) is 6.17. The second-order valence-corrected chi connectivity index (χ2v) is 4.59. The van der Waals surface area contributed by atoms with E-state index in [1.165, 1.54) is 11.8 Å². The van der Waals surface area contributed by atoms with E-state index >= 15 is 0 Å². The Hall–Kier alpha value is -0.710. The highest BCUT2D eigenvalue weighted by atomic mass is 32.2. The lowest BCUT2D eigenvalue weighted by atomic mass is 9.85. The van der Waals surface area contributed by atoms with Gasteiger partial charge in [-0.1, -0.05) is 13.8 Å². The fourth-order valence-corrected chi connectivity index (χ4v) is 2.63. The van der Waals surface area contributed by atoms with Crippen molar-refractivity contribution >= 4 is 23.7 Å². The lowest BCUT2D eigenvalue weighted by Gasteiger charge is -2.25. The molecule has 0 heterocycles. The van der Waals surface area contributed by atoms with E-state index in [0.717, 1.165) is 0 Å². The van der Waals surface area contributed by atoms with Gasteiger partial charge in [-0.25, -0.2) is 0 Å². The van der Waals surface area contributed by atoms with Gasteiger partial charge in [-0.3, -0.25) is 9.59 Å². The quantitative estimate of drug-likeness (QED) is 0.629. The summed E-state index contributed by atoms with van der Waals surface area (Å²) in [6.07, 6.45) is 1.26. The fourth-order valence-electron chi connectivity index (χ4n) is 1.25. The second kappa shape index (κ2) is 6.71. The Morgan fingerprint density at radius 3 is 2.07 bits per heavy atom. The summed E-state index contributed by atoms with van der Waals surface area (Å²) in [6.45, 7) is 3.71. The lowest BCUT2D eigenvalue weighted by Crippen LogP contribution is -2.32. The summed E-state index contributed by atoms with van der Waals surface area (Å²) < 4.78 is 0. The number of aliphatic carboxylic acids is 2. The average molecular weight is 234 g/mol. The molecule has 0 spiro atoms. The highest BCUT2D eigenvalue weighted by Crippen LogP contribution is 2.31. The number of carbonyl (C=O) groups is 2. The monoisotopic (exact) mass is 234 g/mol. The zero-order chi connectivity index (χ0) is 11.9. The summed E-state index contributed by atoms with van der Waals surface area (Å²) in [7, 11) is 0. The van der Waals surface area contributed by atoms with Crippen LogP contribution in [-0.2, 0) is 9.59 Å². The zero-order valence-corrected chi connectivity index (χ0v) is 9.97. The normalized spacial score (nSPS) is 11.3. The first-order valence-electron chi connectivity index (χ1n) is 5.01. The van der Waals surface area contributed by atoms with Crippen molar-refractivity contribution in [3.8, 4) is 0 Å². The van der Waals surface area contributed by atoms with E-state index < -0.39 is 17.4 Å². The predicted molar refractivity (Wildman–Crippen MR) is 60.2 cm³/mol. The van der Waals surface area contributed by atoms with Gasteiger partial charge < -0.3 is 10.2 Å². The van der Waals surface area contributed by atoms with Gasteiger partial charge in [0.2, 0.25) is 0 Å². The molecule has 0 aliphatic rings. The number of carboxylic acids is 2. The number of thioether (sulfide) groups is 1. The van der Waals surface area contributed by atoms with E-state index in [2.05, 4.69) is 0 Å². The molecule has 0 aliphatic heterocycles. The molecule has 0 fully saturated rings. The van der Waals surface area contributed by atoms with Gasteiger partial charge >= 0.3 is 11.9 Å². The van der Waals surface area contributed by atoms with E-state index in [1.54, 1.807) is 0 Å². The summed E-state index contributed by atoms with van der Waals surface area (Å²) in [5.41, 5.74) is -0.691. The molecule has 2 N–H and O–H groups in total. The van der Waals surface area contributed by atoms with Crippen LogP contribution in [-0.4, -0.2) is 33.7 Å². The van der Waals surface area contributed by atoms with Crippen LogP contribution in [0.25, 0.3) is 0 Å². The topological polar surface area (TPSA) is 74.6 Å². The van der Waals surface area contributed by atoms with E-state index in [-0.39, 0.29) is 6.42 Å². The van der Waals surface area contributed by atoms with Gasteiger partial charge in [0.1, 0.15) is 0 Å². The molecular formula is C10H18O4S. The molecule has 0 aromatic carbocycles. The summed E-state index contributed by atoms with van der Waals surface area (Å²) >= 11 is 1.40. The van der Waals surface area contributed by atoms with Crippen LogP contribution in [0.3, 0.4) is 0 Å². The van der Waals surface area contributed by atoms with Gasteiger partial charge in [0.05, 0.1) is 11.8 Å². The predicted octanol–water partition coefficient (Wildman–Crippen LogP) is 2.09. The van der Waals surface area contributed by atoms with Crippen LogP contribution in [0.5, 0.6) is 0 Å². The maximum absolute atomic E-state index is 11.1. The molecule has 0 aromatic rings. The van der Waals surface area contributed by atoms with Crippen molar-refractivity contribution in [3.63, 3.8) is 0 Å². The molecule has 0 atom stereocenters. The van der Waals surface area contributed by atoms with Crippen molar-refractivity contribution in [1.82, 2.24) is 0 Å². The number of carboxylic acid groups (broad SMARTS) is 2. The molecule has 88 valence electrons. The molecule has 0 rings (SSSR count). The highest BCUT2D eigenvalue weighted by molar-refractivity contribution is 7.99. The Bertz CT molecular complexity index is 223. The molecule has 0 amide bonds. The smallest absolute Gasteiger partial charge is 0.310 e. The molecule has 0 saturated heterocycles. The molecule has 0 unspecified atom stereocenters. The van der Waals surface area contributed by atoms with Crippen molar-refractivity contribution in [2.24, 2.45) is 5.41 Å². The van der Waals surface area contributed by atoms with Crippen LogP contribution in [0.15, 0.2) is 0 Å². The van der Waals surface area contributed by atoms with Crippen LogP contribution in [0.4, 0.5) is 0 Å². The molecule has 0 saturated carbocycles. The first-order chi connectivity index (χ1) is 6.98. The summed E-state index contributed by atoms with van der Waals surface area (Å²) in [4.78, 5) is 21.3. The standard InChI is InChI=1S/C10H18O4S/c1-3-10(4-2,9(13)14)7-15-6-5-8(11)12/h3-7H2,1-2H3,(H,11,12)(H,13,14). The third-order valence-electron chi connectivity index (χ3n) is 2.65. The minimum atomic E-state index is -0.837. The average Bonchev–Trinajstić information content (AvgIpc) is 2.18. The molecule has 4 nitrogen and oxygen atoms in total. The van der Waals surface area contributed by atoms with Crippen LogP contribution in [0, 0.1) is 5.41 Å². The lowest BCUT2D eigenvalue weighted by molar-refractivity contribution is -0.148. The summed E-state index contributed by atoms with van der Waals surface area (Å²) in [6, 6.07) is 0. The van der Waals surface area contributed by atoms with Gasteiger partial charge in [0.25, 0.3) is 0 Å². The maximum atomic E-state index is 11.1. The molecule has 0 aromatic heterocycles. The summed E-state index contributed by atoms with van der Waals surface area (Å²) in [5.74, 6) is -0.653. The van der Waals surface area contributed by atoms with Gasteiger partial charge in [-0.2, -0.15) is 11.8 Å². The van der Waals surface area contributed by atoms with Crippen molar-refractivity contribution in [3.05, 3.63) is 0 Å². The summed E-state index contributed by atoms with van der Waals surface area (Å²) in [5, 5.41) is 17.5. The molecular weight excluding hydrogens is 216 g/mol. The van der Waals surface area contributed by atoms with E-state index in [4.69, 9.17) is 10.2 Å². The third kappa shape index (κ3) is 4.55. The molecule has 0 aliphatic carbocycles. The molecule has 0 radical (unpaired) electrons. The van der Waals surface area contributed by atoms with Crippen molar-refractivity contribution < 1.29 is 19.8 Å². The largest absolute Gasteiger partial charge is 0.481 e. The van der Waals surface area contributed by atoms with Crippen LogP contribution >= 0.6 is 11.8 Å². The Labute approximate surface area is 94.1 Å². The van der Waals surface area contributed by atoms with Gasteiger partial charge in [-0.05, 0) is 12.8 Å². The van der Waals surface area contributed by atoms with E-state index in [1.807, 2.05) is 13.8 Å². The van der Waals surface area contributed by atoms with Crippen LogP contribution < -0.4 is 0 Å². The second-order valence-electron chi connectivity index (χ2n) is 3.49. The number of rotatable bonds is 8. The van der Waals surface area contributed by atoms with Crippen molar-refractivity contribution in [2.75, 3.05) is 11.5 Å². The zero-order valence-electron chi connectivity index (χ0n) is 9.15. The first kappa shape index (κ1) is 14.3. The van der Waals surface area contributed by atoms with Gasteiger partial charge in [-0.15, -0.1) is 0 Å². The van der Waals surface area contributed by atoms with Crippen LogP contribution in [0.2, 0.25) is 0 Å². The number of hydrogen-bond acceptors (Lipinski definition) is 3. The molecule has 15 heavy (non-hydrogen) atoms. The van der Waals surface area contributed by atoms with Crippen molar-refractivity contribution in [1.29, 1.82) is 0 Å². The third-order valence-corrected chi connectivity index (χ3v) is 3.90. The van der Waals surface area contributed by atoms with E-state index in [9.17, 15) is 9.59 Å². The molecule has 0 bridgehead atoms.